The summed E-state index contributed by atoms with van der Waals surface area (Å²) in [5, 5.41) is 1.76. The minimum absolute atomic E-state index is 0.0175. The topological polar surface area (TPSA) is 139 Å². The molecule has 0 amide bonds. The highest BCUT2D eigenvalue weighted by Gasteiger charge is 2.55. The van der Waals surface area contributed by atoms with Crippen LogP contribution in [0.4, 0.5) is 11.4 Å². The fraction of sp³-hybridized carbons (Fsp3) is 0.475. The summed E-state index contributed by atoms with van der Waals surface area (Å²) in [5.41, 5.74) is 3.64. The van der Waals surface area contributed by atoms with E-state index in [1.165, 1.54) is 0 Å². The molecule has 0 spiro atoms. The van der Waals surface area contributed by atoms with E-state index in [0.717, 1.165) is 68.4 Å². The molecule has 14 nitrogen and oxygen atoms in total. The van der Waals surface area contributed by atoms with Crippen LogP contribution in [0.15, 0.2) is 42.2 Å². The number of aryl methyl sites for hydroxylation is 2. The number of allylic oxidation sites excluding steroid dienone is 2. The molecule has 2 aromatic carbocycles. The van der Waals surface area contributed by atoms with Crippen molar-refractivity contribution in [3.05, 3.63) is 68.2 Å². The van der Waals surface area contributed by atoms with Gasteiger partial charge in [-0.2, -0.15) is 0 Å². The molecule has 2 aliphatic heterocycles. The maximum absolute atomic E-state index is 12.9. The van der Waals surface area contributed by atoms with Crippen molar-refractivity contribution in [2.45, 2.75) is 98.2 Å². The Kier molecular flexibility index (Phi) is 15.4. The van der Waals surface area contributed by atoms with E-state index in [1.807, 2.05) is 42.5 Å². The number of benzene rings is 2. The summed E-state index contributed by atoms with van der Waals surface area (Å²) in [5.74, 6) is -1.43. The number of esters is 4. The molecule has 18 heteroatoms. The molecule has 3 heterocycles. The van der Waals surface area contributed by atoms with E-state index >= 15 is 0 Å². The van der Waals surface area contributed by atoms with Crippen molar-refractivity contribution < 1.29 is 52.2 Å². The van der Waals surface area contributed by atoms with E-state index in [1.54, 1.807) is 0 Å². The standard InChI is InChI=1S/C40H47Cl4N4O10/c1-8-15-47-31-20-27(43)28(44)21-32(31)48(34(47)14-11-13-33-45(9-2)29-18-25(41)26(42)19-30(29)46(33)10-3)16-12-17-54-40-38(57-24(6)51)36(56-23(5)50)35(55-22(4)49)37(58-40)39(52)53-7/h11,13-14,18-21,35-38,40H,8-10,12,15-17H2,1-7H3/q+1/t35-,36?,37?,38?,40+/m0/s1. The Hall–Kier alpha value is -4.05. The Balaban J connectivity index is 1.48. The van der Waals surface area contributed by atoms with Gasteiger partial charge >= 0.3 is 23.9 Å². The maximum atomic E-state index is 12.9. The number of rotatable bonds is 15. The van der Waals surface area contributed by atoms with Crippen LogP contribution in [0, 0.1) is 0 Å². The van der Waals surface area contributed by atoms with Crippen LogP contribution in [0.5, 0.6) is 0 Å². The first kappa shape index (κ1) is 45.0. The molecule has 1 aromatic heterocycles. The van der Waals surface area contributed by atoms with Crippen LogP contribution in [0.1, 0.15) is 60.2 Å². The fourth-order valence-electron chi connectivity index (χ4n) is 7.28. The van der Waals surface area contributed by atoms with Crippen molar-refractivity contribution in [3.8, 4) is 0 Å². The molecule has 0 bridgehead atoms. The number of halogens is 4. The number of carbonyl (C=O) groups is 4. The molecule has 1 saturated heterocycles. The highest BCUT2D eigenvalue weighted by Crippen LogP contribution is 2.45. The summed E-state index contributed by atoms with van der Waals surface area (Å²) >= 11 is 26.0. The Bertz CT molecular complexity index is 2070. The van der Waals surface area contributed by atoms with Gasteiger partial charge in [0.25, 0.3) is 5.82 Å². The van der Waals surface area contributed by atoms with Crippen molar-refractivity contribution >= 4 is 98.8 Å². The summed E-state index contributed by atoms with van der Waals surface area (Å²) in [6.07, 6.45) is -0.0732. The Morgan fingerprint density at radius 2 is 1.34 bits per heavy atom. The third-order valence-electron chi connectivity index (χ3n) is 9.52. The first-order valence-electron chi connectivity index (χ1n) is 18.9. The van der Waals surface area contributed by atoms with Crippen LogP contribution in [-0.2, 0) is 60.7 Å². The minimum atomic E-state index is -1.57. The van der Waals surface area contributed by atoms with Crippen molar-refractivity contribution in [1.29, 1.82) is 0 Å². The average Bonchev–Trinajstić information content (AvgIpc) is 3.60. The molecule has 314 valence electrons. The number of nitrogens with zero attached hydrogens (tertiary/aromatic N) is 4. The van der Waals surface area contributed by atoms with Gasteiger partial charge in [0, 0.05) is 58.5 Å². The maximum Gasteiger partial charge on any atom is 0.339 e. The predicted octanol–water partition coefficient (Wildman–Crippen LogP) is 7.27. The Labute approximate surface area is 357 Å². The lowest BCUT2D eigenvalue weighted by Gasteiger charge is -2.43. The van der Waals surface area contributed by atoms with Gasteiger partial charge in [0.05, 0.1) is 58.3 Å². The van der Waals surface area contributed by atoms with Crippen molar-refractivity contribution in [3.63, 3.8) is 0 Å². The van der Waals surface area contributed by atoms with Gasteiger partial charge < -0.3 is 38.2 Å². The second kappa shape index (κ2) is 19.8. The highest BCUT2D eigenvalue weighted by molar-refractivity contribution is 6.43. The smallest absolute Gasteiger partial charge is 0.339 e. The van der Waals surface area contributed by atoms with Crippen LogP contribution in [0.25, 0.3) is 17.1 Å². The number of aromatic nitrogens is 2. The van der Waals surface area contributed by atoms with E-state index < -0.39 is 54.6 Å². The molecule has 5 rings (SSSR count). The van der Waals surface area contributed by atoms with Crippen molar-refractivity contribution in [2.24, 2.45) is 0 Å². The number of methoxy groups -OCH3 is 1. The molecular weight excluding hydrogens is 838 g/mol. The normalized spacial score (nSPS) is 20.4. The van der Waals surface area contributed by atoms with Crippen molar-refractivity contribution in [2.75, 3.05) is 36.6 Å². The SMILES string of the molecule is CCC[n+]1c(C=CC=C2N(CC)c3cc(Cl)c(Cl)cc3N2CC)n(CCCO[C@@H]2OC(C(=O)OC)[C@@H](OC(C)=O)C(OC(C)=O)C2OC(C)=O)c2cc(Cl)c(Cl)cc21. The lowest BCUT2D eigenvalue weighted by atomic mass is 9.97. The Morgan fingerprint density at radius 1 is 0.793 bits per heavy atom. The van der Waals surface area contributed by atoms with E-state index in [0.29, 0.717) is 52.7 Å². The van der Waals surface area contributed by atoms with Crippen LogP contribution >= 0.6 is 46.4 Å². The lowest BCUT2D eigenvalue weighted by Crippen LogP contribution is -2.63. The number of anilines is 2. The summed E-state index contributed by atoms with van der Waals surface area (Å²) in [6, 6.07) is 7.44. The van der Waals surface area contributed by atoms with Gasteiger partial charge in [-0.1, -0.05) is 59.4 Å². The minimum Gasteiger partial charge on any atom is -0.467 e. The van der Waals surface area contributed by atoms with Gasteiger partial charge in [-0.15, -0.1) is 0 Å². The average molecular weight is 886 g/mol. The number of hydrogen-bond donors (Lipinski definition) is 0. The number of ether oxygens (including phenoxy) is 6. The van der Waals surface area contributed by atoms with E-state index in [-0.39, 0.29) is 6.61 Å². The molecule has 3 unspecified atom stereocenters. The largest absolute Gasteiger partial charge is 0.467 e. The molecule has 0 radical (unpaired) electrons. The highest BCUT2D eigenvalue weighted by atomic mass is 35.5. The molecule has 0 aliphatic carbocycles. The van der Waals surface area contributed by atoms with Crippen LogP contribution in [0.3, 0.4) is 0 Å². The molecule has 0 N–H and O–H groups in total. The zero-order valence-corrected chi connectivity index (χ0v) is 36.3. The van der Waals surface area contributed by atoms with Gasteiger partial charge in [-0.25, -0.2) is 13.9 Å². The second-order valence-corrected chi connectivity index (χ2v) is 15.1. The summed E-state index contributed by atoms with van der Waals surface area (Å²) in [7, 11) is 1.12. The quantitative estimate of drug-likeness (QED) is 0.0657. The third kappa shape index (κ3) is 9.69. The molecule has 5 atom stereocenters. The van der Waals surface area contributed by atoms with Gasteiger partial charge in [0.2, 0.25) is 0 Å². The number of carbonyl (C=O) groups excluding carboxylic acids is 4. The lowest BCUT2D eigenvalue weighted by molar-refractivity contribution is -0.674. The van der Waals surface area contributed by atoms with Gasteiger partial charge in [0.1, 0.15) is 5.82 Å². The summed E-state index contributed by atoms with van der Waals surface area (Å²) in [4.78, 5) is 53.8. The summed E-state index contributed by atoms with van der Waals surface area (Å²) < 4.78 is 37.6. The predicted molar refractivity (Wildman–Crippen MR) is 220 cm³/mol. The number of hydrogen-bond acceptors (Lipinski definition) is 12. The van der Waals surface area contributed by atoms with Crippen molar-refractivity contribution in [1.82, 2.24) is 4.57 Å². The number of fused-ring (bicyclic) bond motifs is 2. The first-order valence-corrected chi connectivity index (χ1v) is 20.4. The van der Waals surface area contributed by atoms with E-state index in [4.69, 9.17) is 74.8 Å². The van der Waals surface area contributed by atoms with E-state index in [9.17, 15) is 19.2 Å². The summed E-state index contributed by atoms with van der Waals surface area (Å²) in [6.45, 7) is 12.1. The Morgan fingerprint density at radius 3 is 1.90 bits per heavy atom. The number of imidazole rings is 1. The zero-order chi connectivity index (χ0) is 42.4. The third-order valence-corrected chi connectivity index (χ3v) is 11.0. The fourth-order valence-corrected chi connectivity index (χ4v) is 7.91. The molecule has 0 saturated carbocycles. The molecule has 3 aromatic rings. The molecular formula is C40H47Cl4N4O10+. The monoisotopic (exact) mass is 883 g/mol. The zero-order valence-electron chi connectivity index (χ0n) is 33.3. The van der Waals surface area contributed by atoms with Gasteiger partial charge in [0.15, 0.2) is 41.7 Å². The van der Waals surface area contributed by atoms with E-state index in [2.05, 4.69) is 39.7 Å². The molecule has 58 heavy (non-hydrogen) atoms. The van der Waals surface area contributed by atoms with Crippen LogP contribution in [0.2, 0.25) is 20.1 Å². The van der Waals surface area contributed by atoms with Crippen LogP contribution in [-0.4, -0.2) is 86.0 Å². The molecule has 2 aliphatic rings. The first-order chi connectivity index (χ1) is 27.6. The second-order valence-electron chi connectivity index (χ2n) is 13.4. The molecule has 1 fully saturated rings. The van der Waals surface area contributed by atoms with Crippen LogP contribution < -0.4 is 14.4 Å². The van der Waals surface area contributed by atoms with Gasteiger partial charge in [-0.05, 0) is 38.5 Å². The van der Waals surface area contributed by atoms with Gasteiger partial charge in [-0.3, -0.25) is 14.4 Å².